The molecule has 1 aliphatic rings. The molecule has 1 aliphatic heterocycles. The summed E-state index contributed by atoms with van der Waals surface area (Å²) in [6.45, 7) is 5.34. The number of amides is 1. The van der Waals surface area contributed by atoms with Crippen molar-refractivity contribution in [2.45, 2.75) is 33.1 Å². The van der Waals surface area contributed by atoms with Gasteiger partial charge in [-0.15, -0.1) is 0 Å². The van der Waals surface area contributed by atoms with Crippen LogP contribution in [0.15, 0.2) is 16.5 Å². The number of carbonyl (C=O) groups is 2. The van der Waals surface area contributed by atoms with E-state index < -0.39 is 0 Å². The summed E-state index contributed by atoms with van der Waals surface area (Å²) in [5.41, 5.74) is 0. The molecule has 0 spiro atoms. The molecule has 0 N–H and O–H groups in total. The van der Waals surface area contributed by atoms with Gasteiger partial charge in [-0.1, -0.05) is 6.92 Å². The zero-order chi connectivity index (χ0) is 14.5. The molecule has 1 aromatic heterocycles. The molecule has 1 amide bonds. The molecule has 0 aromatic carbocycles. The number of furan rings is 1. The van der Waals surface area contributed by atoms with E-state index >= 15 is 0 Å². The summed E-state index contributed by atoms with van der Waals surface area (Å²) in [4.78, 5) is 25.6. The summed E-state index contributed by atoms with van der Waals surface area (Å²) in [7, 11) is 0. The van der Waals surface area contributed by atoms with Crippen LogP contribution in [0.4, 0.5) is 0 Å². The van der Waals surface area contributed by atoms with Gasteiger partial charge in [0.15, 0.2) is 5.76 Å². The van der Waals surface area contributed by atoms with Crippen LogP contribution in [0.5, 0.6) is 0 Å². The second kappa shape index (κ2) is 6.59. The first-order chi connectivity index (χ1) is 9.65. The van der Waals surface area contributed by atoms with Crippen LogP contribution in [0.3, 0.4) is 0 Å². The molecule has 1 aromatic rings. The first-order valence-electron chi connectivity index (χ1n) is 7.20. The van der Waals surface area contributed by atoms with Crippen LogP contribution >= 0.6 is 0 Å². The van der Waals surface area contributed by atoms with E-state index in [2.05, 4.69) is 0 Å². The fraction of sp³-hybridized carbons (Fsp3) is 0.600. The zero-order valence-electron chi connectivity index (χ0n) is 12.1. The highest BCUT2D eigenvalue weighted by Crippen LogP contribution is 2.21. The normalized spacial score (nSPS) is 16.2. The largest absolute Gasteiger partial charge is 0.466 e. The third-order valence-electron chi connectivity index (χ3n) is 3.62. The van der Waals surface area contributed by atoms with E-state index in [1.807, 2.05) is 13.0 Å². The molecule has 0 saturated carbocycles. The average molecular weight is 279 g/mol. The minimum Gasteiger partial charge on any atom is -0.466 e. The van der Waals surface area contributed by atoms with Crippen LogP contribution in [0.25, 0.3) is 0 Å². The van der Waals surface area contributed by atoms with E-state index in [1.165, 1.54) is 0 Å². The van der Waals surface area contributed by atoms with Gasteiger partial charge in [0.1, 0.15) is 5.76 Å². The maximum Gasteiger partial charge on any atom is 0.309 e. The van der Waals surface area contributed by atoms with Crippen molar-refractivity contribution in [1.82, 2.24) is 4.90 Å². The molecule has 5 heteroatoms. The molecular formula is C15H21NO4. The first kappa shape index (κ1) is 14.6. The second-order valence-electron chi connectivity index (χ2n) is 4.94. The minimum absolute atomic E-state index is 0.0817. The Labute approximate surface area is 118 Å². The van der Waals surface area contributed by atoms with E-state index in [0.717, 1.165) is 12.2 Å². The van der Waals surface area contributed by atoms with Crippen molar-refractivity contribution in [3.63, 3.8) is 0 Å². The number of ether oxygens (including phenoxy) is 1. The number of hydrogen-bond acceptors (Lipinski definition) is 4. The SMILES string of the molecule is CCOC(=O)C1CCN(C(=O)c2ccc(CC)o2)CC1. The maximum absolute atomic E-state index is 12.2. The van der Waals surface area contributed by atoms with E-state index in [-0.39, 0.29) is 17.8 Å². The number of aryl methyl sites for hydroxylation is 1. The van der Waals surface area contributed by atoms with Gasteiger partial charge in [0.25, 0.3) is 5.91 Å². The Bertz CT molecular complexity index is 472. The predicted molar refractivity (Wildman–Crippen MR) is 73.3 cm³/mol. The van der Waals surface area contributed by atoms with Gasteiger partial charge in [0.05, 0.1) is 12.5 Å². The monoisotopic (exact) mass is 279 g/mol. The summed E-state index contributed by atoms with van der Waals surface area (Å²) in [6, 6.07) is 3.55. The highest BCUT2D eigenvalue weighted by atomic mass is 16.5. The molecule has 110 valence electrons. The Hall–Kier alpha value is -1.78. The van der Waals surface area contributed by atoms with Gasteiger partial charge in [0, 0.05) is 19.5 Å². The molecule has 2 heterocycles. The van der Waals surface area contributed by atoms with E-state index in [1.54, 1.807) is 17.9 Å². The van der Waals surface area contributed by atoms with Crippen molar-refractivity contribution in [1.29, 1.82) is 0 Å². The smallest absolute Gasteiger partial charge is 0.309 e. The van der Waals surface area contributed by atoms with Crippen molar-refractivity contribution in [2.75, 3.05) is 19.7 Å². The van der Waals surface area contributed by atoms with Gasteiger partial charge < -0.3 is 14.1 Å². The van der Waals surface area contributed by atoms with Crippen LogP contribution in [0, 0.1) is 5.92 Å². The molecule has 0 radical (unpaired) electrons. The van der Waals surface area contributed by atoms with E-state index in [9.17, 15) is 9.59 Å². The Kier molecular flexibility index (Phi) is 4.82. The van der Waals surface area contributed by atoms with Crippen LogP contribution in [-0.4, -0.2) is 36.5 Å². The lowest BCUT2D eigenvalue weighted by Crippen LogP contribution is -2.40. The number of nitrogens with zero attached hydrogens (tertiary/aromatic N) is 1. The Morgan fingerprint density at radius 2 is 2.00 bits per heavy atom. The number of esters is 1. The molecule has 1 fully saturated rings. The number of piperidine rings is 1. The molecule has 0 aliphatic carbocycles. The minimum atomic E-state index is -0.147. The zero-order valence-corrected chi connectivity index (χ0v) is 12.1. The lowest BCUT2D eigenvalue weighted by Gasteiger charge is -2.30. The van der Waals surface area contributed by atoms with Gasteiger partial charge in [-0.3, -0.25) is 9.59 Å². The van der Waals surface area contributed by atoms with Gasteiger partial charge in [-0.2, -0.15) is 0 Å². The van der Waals surface area contributed by atoms with Crippen LogP contribution in [-0.2, 0) is 16.0 Å². The molecule has 1 saturated heterocycles. The quantitative estimate of drug-likeness (QED) is 0.793. The molecule has 5 nitrogen and oxygen atoms in total. The Morgan fingerprint density at radius 3 is 2.55 bits per heavy atom. The van der Waals surface area contributed by atoms with Gasteiger partial charge in [0.2, 0.25) is 0 Å². The van der Waals surface area contributed by atoms with Crippen LogP contribution < -0.4 is 0 Å². The molecule has 2 rings (SSSR count). The highest BCUT2D eigenvalue weighted by molar-refractivity contribution is 5.91. The summed E-state index contributed by atoms with van der Waals surface area (Å²) in [5, 5.41) is 0. The third-order valence-corrected chi connectivity index (χ3v) is 3.62. The fourth-order valence-electron chi connectivity index (χ4n) is 2.42. The number of carbonyl (C=O) groups excluding carboxylic acids is 2. The molecule has 0 unspecified atom stereocenters. The summed E-state index contributed by atoms with van der Waals surface area (Å²) >= 11 is 0. The van der Waals surface area contributed by atoms with Crippen molar-refractivity contribution < 1.29 is 18.7 Å². The topological polar surface area (TPSA) is 59.8 Å². The summed E-state index contributed by atoms with van der Waals surface area (Å²) in [5.74, 6) is 0.880. The van der Waals surface area contributed by atoms with E-state index in [0.29, 0.717) is 38.3 Å². The Morgan fingerprint density at radius 1 is 1.30 bits per heavy atom. The molecule has 0 atom stereocenters. The van der Waals surface area contributed by atoms with Crippen molar-refractivity contribution in [3.8, 4) is 0 Å². The number of hydrogen-bond donors (Lipinski definition) is 0. The Balaban J connectivity index is 1.90. The van der Waals surface area contributed by atoms with E-state index in [4.69, 9.17) is 9.15 Å². The van der Waals surface area contributed by atoms with Crippen molar-refractivity contribution >= 4 is 11.9 Å². The van der Waals surface area contributed by atoms with Crippen LogP contribution in [0.2, 0.25) is 0 Å². The number of rotatable bonds is 4. The van der Waals surface area contributed by atoms with Crippen molar-refractivity contribution in [3.05, 3.63) is 23.7 Å². The third kappa shape index (κ3) is 3.21. The standard InChI is InChI=1S/C15H21NO4/c1-3-12-5-6-13(20-12)14(17)16-9-7-11(8-10-16)15(18)19-4-2/h5-6,11H,3-4,7-10H2,1-2H3. The van der Waals surface area contributed by atoms with Gasteiger partial charge in [-0.05, 0) is 31.9 Å². The highest BCUT2D eigenvalue weighted by Gasteiger charge is 2.29. The molecule has 0 bridgehead atoms. The lowest BCUT2D eigenvalue weighted by molar-refractivity contribution is -0.149. The van der Waals surface area contributed by atoms with Crippen LogP contribution in [0.1, 0.15) is 43.0 Å². The molecule has 20 heavy (non-hydrogen) atoms. The maximum atomic E-state index is 12.2. The first-order valence-corrected chi connectivity index (χ1v) is 7.20. The van der Waals surface area contributed by atoms with Gasteiger partial charge in [-0.25, -0.2) is 0 Å². The average Bonchev–Trinajstić information content (AvgIpc) is 2.96. The lowest BCUT2D eigenvalue weighted by atomic mass is 9.97. The van der Waals surface area contributed by atoms with Gasteiger partial charge >= 0.3 is 5.97 Å². The molecular weight excluding hydrogens is 258 g/mol. The summed E-state index contributed by atoms with van der Waals surface area (Å²) < 4.78 is 10.5. The second-order valence-corrected chi connectivity index (χ2v) is 4.94. The fourth-order valence-corrected chi connectivity index (χ4v) is 2.42. The van der Waals surface area contributed by atoms with Crippen molar-refractivity contribution in [2.24, 2.45) is 5.92 Å². The predicted octanol–water partition coefficient (Wildman–Crippen LogP) is 2.26. The summed E-state index contributed by atoms with van der Waals surface area (Å²) in [6.07, 6.45) is 2.09. The number of likely N-dealkylation sites (tertiary alicyclic amines) is 1.